The Kier molecular flexibility index (Phi) is 4.90. The minimum absolute atomic E-state index is 0.197. The Labute approximate surface area is 173 Å². The average Bonchev–Trinajstić information content (AvgIpc) is 3.28. The van der Waals surface area contributed by atoms with E-state index in [2.05, 4.69) is 20.2 Å². The zero-order chi connectivity index (χ0) is 20.3. The molecule has 3 heterocycles. The number of ether oxygens (including phenoxy) is 3. The lowest BCUT2D eigenvalue weighted by Crippen LogP contribution is -2.36. The van der Waals surface area contributed by atoms with Gasteiger partial charge in [-0.1, -0.05) is 12.1 Å². The largest absolute Gasteiger partial charge is 0.454 e. The summed E-state index contributed by atoms with van der Waals surface area (Å²) < 4.78 is 16.0. The third-order valence-corrected chi connectivity index (χ3v) is 5.06. The summed E-state index contributed by atoms with van der Waals surface area (Å²) in [5, 5.41) is 2.88. The van der Waals surface area contributed by atoms with Crippen LogP contribution in [0.3, 0.4) is 0 Å². The van der Waals surface area contributed by atoms with E-state index >= 15 is 0 Å². The van der Waals surface area contributed by atoms with Gasteiger partial charge in [0.05, 0.1) is 18.9 Å². The number of benzene rings is 2. The second-order valence-electron chi connectivity index (χ2n) is 6.96. The standard InChI is InChI=1S/C22H20N4O4/c27-22(25-17-5-6-19-20(11-17)30-14-29-19)16-3-1-15(2-4-16)18-12-21(24-13-23-18)26-7-9-28-10-8-26/h1-6,11-13H,7-10,14H2,(H,25,27). The number of fused-ring (bicyclic) bond motifs is 1. The van der Waals surface area contributed by atoms with E-state index in [9.17, 15) is 4.79 Å². The van der Waals surface area contributed by atoms with Crippen molar-refractivity contribution in [2.24, 2.45) is 0 Å². The van der Waals surface area contributed by atoms with Gasteiger partial charge in [0.15, 0.2) is 11.5 Å². The Morgan fingerprint density at radius 1 is 0.933 bits per heavy atom. The van der Waals surface area contributed by atoms with Crippen LogP contribution in [0.5, 0.6) is 11.5 Å². The summed E-state index contributed by atoms with van der Waals surface area (Å²) in [6.45, 7) is 3.23. The number of aromatic nitrogens is 2. The van der Waals surface area contributed by atoms with Crippen molar-refractivity contribution in [3.63, 3.8) is 0 Å². The van der Waals surface area contributed by atoms with Crippen LogP contribution in [0.2, 0.25) is 0 Å². The highest BCUT2D eigenvalue weighted by Crippen LogP contribution is 2.34. The predicted octanol–water partition coefficient (Wildman–Crippen LogP) is 2.96. The normalized spacial score (nSPS) is 15.1. The molecule has 8 nitrogen and oxygen atoms in total. The van der Waals surface area contributed by atoms with Crippen molar-refractivity contribution >= 4 is 17.4 Å². The van der Waals surface area contributed by atoms with Gasteiger partial charge in [0.25, 0.3) is 5.91 Å². The topological polar surface area (TPSA) is 85.8 Å². The van der Waals surface area contributed by atoms with E-state index in [-0.39, 0.29) is 12.7 Å². The summed E-state index contributed by atoms with van der Waals surface area (Å²) >= 11 is 0. The number of nitrogens with one attached hydrogen (secondary N) is 1. The molecule has 5 rings (SSSR count). The average molecular weight is 404 g/mol. The molecule has 8 heteroatoms. The first-order chi connectivity index (χ1) is 14.8. The second kappa shape index (κ2) is 8.00. The van der Waals surface area contributed by atoms with Crippen LogP contribution < -0.4 is 19.7 Å². The molecule has 1 fully saturated rings. The molecule has 3 aromatic rings. The van der Waals surface area contributed by atoms with E-state index in [4.69, 9.17) is 14.2 Å². The molecule has 2 aromatic carbocycles. The number of nitrogens with zero attached hydrogens (tertiary/aromatic N) is 3. The number of morpholine rings is 1. The van der Waals surface area contributed by atoms with Crippen LogP contribution in [-0.2, 0) is 4.74 Å². The molecule has 0 radical (unpaired) electrons. The number of rotatable bonds is 4. The van der Waals surface area contributed by atoms with E-state index in [1.807, 2.05) is 18.2 Å². The zero-order valence-corrected chi connectivity index (χ0v) is 16.2. The Balaban J connectivity index is 1.30. The highest BCUT2D eigenvalue weighted by molar-refractivity contribution is 6.04. The summed E-state index contributed by atoms with van der Waals surface area (Å²) in [5.41, 5.74) is 2.94. The lowest BCUT2D eigenvalue weighted by Gasteiger charge is -2.27. The van der Waals surface area contributed by atoms with Gasteiger partial charge in [-0.3, -0.25) is 4.79 Å². The van der Waals surface area contributed by atoms with Gasteiger partial charge in [0.1, 0.15) is 12.1 Å². The van der Waals surface area contributed by atoms with E-state index in [1.165, 1.54) is 0 Å². The van der Waals surface area contributed by atoms with Gasteiger partial charge in [-0.25, -0.2) is 9.97 Å². The van der Waals surface area contributed by atoms with Gasteiger partial charge in [-0.2, -0.15) is 0 Å². The van der Waals surface area contributed by atoms with Crippen molar-refractivity contribution < 1.29 is 19.0 Å². The Bertz CT molecular complexity index is 1060. The first-order valence-electron chi connectivity index (χ1n) is 9.72. The maximum atomic E-state index is 12.6. The molecule has 30 heavy (non-hydrogen) atoms. The van der Waals surface area contributed by atoms with Gasteiger partial charge in [0, 0.05) is 42.0 Å². The lowest BCUT2D eigenvalue weighted by molar-refractivity contribution is 0.102. The number of anilines is 2. The molecule has 0 aliphatic carbocycles. The van der Waals surface area contributed by atoms with Crippen LogP contribution in [0.25, 0.3) is 11.3 Å². The molecular formula is C22H20N4O4. The molecule has 1 aromatic heterocycles. The first-order valence-corrected chi connectivity index (χ1v) is 9.72. The summed E-state index contributed by atoms with van der Waals surface area (Å²) in [4.78, 5) is 23.5. The molecule has 0 spiro atoms. The smallest absolute Gasteiger partial charge is 0.255 e. The van der Waals surface area contributed by atoms with E-state index in [0.717, 1.165) is 30.2 Å². The number of carbonyl (C=O) groups is 1. The van der Waals surface area contributed by atoms with Gasteiger partial charge in [0.2, 0.25) is 6.79 Å². The van der Waals surface area contributed by atoms with Gasteiger partial charge < -0.3 is 24.4 Å². The van der Waals surface area contributed by atoms with E-state index < -0.39 is 0 Å². The lowest BCUT2D eigenvalue weighted by atomic mass is 10.1. The maximum Gasteiger partial charge on any atom is 0.255 e. The summed E-state index contributed by atoms with van der Waals surface area (Å²) in [7, 11) is 0. The molecular weight excluding hydrogens is 384 g/mol. The van der Waals surface area contributed by atoms with Crippen LogP contribution in [0.1, 0.15) is 10.4 Å². The molecule has 2 aliphatic rings. The Morgan fingerprint density at radius 2 is 1.73 bits per heavy atom. The minimum atomic E-state index is -0.197. The van der Waals surface area contributed by atoms with E-state index in [1.54, 1.807) is 36.7 Å². The van der Waals surface area contributed by atoms with Crippen molar-refractivity contribution in [3.05, 3.63) is 60.4 Å². The number of amides is 1. The second-order valence-corrected chi connectivity index (χ2v) is 6.96. The molecule has 0 saturated carbocycles. The third kappa shape index (κ3) is 3.77. The molecule has 0 bridgehead atoms. The Hall–Kier alpha value is -3.65. The number of carbonyl (C=O) groups excluding carboxylic acids is 1. The molecule has 2 aliphatic heterocycles. The molecule has 152 valence electrons. The Morgan fingerprint density at radius 3 is 2.57 bits per heavy atom. The fourth-order valence-corrected chi connectivity index (χ4v) is 3.44. The SMILES string of the molecule is O=C(Nc1ccc2c(c1)OCO2)c1ccc(-c2cc(N3CCOCC3)ncn2)cc1. The summed E-state index contributed by atoms with van der Waals surface area (Å²) in [6, 6.07) is 14.6. The number of hydrogen-bond acceptors (Lipinski definition) is 7. The van der Waals surface area contributed by atoms with Gasteiger partial charge in [-0.05, 0) is 24.3 Å². The molecule has 1 N–H and O–H groups in total. The van der Waals surface area contributed by atoms with Crippen LogP contribution in [0.15, 0.2) is 54.9 Å². The highest BCUT2D eigenvalue weighted by atomic mass is 16.7. The molecule has 1 saturated heterocycles. The fourth-order valence-electron chi connectivity index (χ4n) is 3.44. The minimum Gasteiger partial charge on any atom is -0.454 e. The maximum absolute atomic E-state index is 12.6. The molecule has 0 atom stereocenters. The fraction of sp³-hybridized carbons (Fsp3) is 0.227. The van der Waals surface area contributed by atoms with Crippen LogP contribution in [0, 0.1) is 0 Å². The summed E-state index contributed by atoms with van der Waals surface area (Å²) in [6.07, 6.45) is 1.57. The van der Waals surface area contributed by atoms with Gasteiger partial charge >= 0.3 is 0 Å². The molecule has 0 unspecified atom stereocenters. The summed E-state index contributed by atoms with van der Waals surface area (Å²) in [5.74, 6) is 1.99. The van der Waals surface area contributed by atoms with Crippen LogP contribution in [-0.4, -0.2) is 49.0 Å². The highest BCUT2D eigenvalue weighted by Gasteiger charge is 2.16. The van der Waals surface area contributed by atoms with Crippen molar-refractivity contribution in [1.29, 1.82) is 0 Å². The van der Waals surface area contributed by atoms with Crippen LogP contribution >= 0.6 is 0 Å². The first kappa shape index (κ1) is 18.4. The third-order valence-electron chi connectivity index (χ3n) is 5.06. The quantitative estimate of drug-likeness (QED) is 0.715. The van der Waals surface area contributed by atoms with Gasteiger partial charge in [-0.15, -0.1) is 0 Å². The van der Waals surface area contributed by atoms with Crippen molar-refractivity contribution in [3.8, 4) is 22.8 Å². The van der Waals surface area contributed by atoms with E-state index in [0.29, 0.717) is 36.0 Å². The molecule has 1 amide bonds. The number of hydrogen-bond donors (Lipinski definition) is 1. The predicted molar refractivity (Wildman–Crippen MR) is 111 cm³/mol. The van der Waals surface area contributed by atoms with Crippen molar-refractivity contribution in [1.82, 2.24) is 9.97 Å². The van der Waals surface area contributed by atoms with Crippen molar-refractivity contribution in [2.45, 2.75) is 0 Å². The zero-order valence-electron chi connectivity index (χ0n) is 16.2. The van der Waals surface area contributed by atoms with Crippen molar-refractivity contribution in [2.75, 3.05) is 43.3 Å². The van der Waals surface area contributed by atoms with Crippen LogP contribution in [0.4, 0.5) is 11.5 Å². The monoisotopic (exact) mass is 404 g/mol.